The lowest BCUT2D eigenvalue weighted by molar-refractivity contribution is -0.184. The van der Waals surface area contributed by atoms with Crippen LogP contribution in [-0.2, 0) is 4.84 Å². The third-order valence-electron chi connectivity index (χ3n) is 2.00. The number of alkyl halides is 3. The number of hydrogen-bond acceptors (Lipinski definition) is 2. The van der Waals surface area contributed by atoms with Gasteiger partial charge in [-0.25, -0.2) is 5.48 Å². The van der Waals surface area contributed by atoms with Crippen molar-refractivity contribution >= 4 is 21.8 Å². The average molecular weight is 329 g/mol. The fourth-order valence-corrected chi connectivity index (χ4v) is 1.73. The fourth-order valence-electron chi connectivity index (χ4n) is 1.29. The molecule has 0 bridgehead atoms. The standard InChI is InChI=1S/C10H12BrF3N2O2/c1-6(2)16-4-7(11)3-8(16)9(17)15-18-5-10(12,13)14/h3-4,6H,5H2,1-2H3,(H,15,17). The molecule has 0 aliphatic rings. The van der Waals surface area contributed by atoms with E-state index < -0.39 is 18.7 Å². The molecule has 1 heterocycles. The molecule has 1 rings (SSSR count). The molecule has 1 aromatic heterocycles. The minimum atomic E-state index is -4.48. The highest BCUT2D eigenvalue weighted by Crippen LogP contribution is 2.19. The molecule has 0 aliphatic carbocycles. The van der Waals surface area contributed by atoms with E-state index in [1.165, 1.54) is 6.07 Å². The van der Waals surface area contributed by atoms with Crippen molar-refractivity contribution < 1.29 is 22.8 Å². The summed E-state index contributed by atoms with van der Waals surface area (Å²) in [7, 11) is 0. The van der Waals surface area contributed by atoms with Crippen molar-refractivity contribution in [2.45, 2.75) is 26.1 Å². The minimum absolute atomic E-state index is 0.000309. The summed E-state index contributed by atoms with van der Waals surface area (Å²) < 4.78 is 37.8. The zero-order chi connectivity index (χ0) is 13.9. The maximum Gasteiger partial charge on any atom is 0.414 e. The number of amides is 1. The molecule has 0 saturated carbocycles. The van der Waals surface area contributed by atoms with Crippen molar-refractivity contribution in [1.82, 2.24) is 10.0 Å². The zero-order valence-electron chi connectivity index (χ0n) is 9.71. The molecule has 0 aliphatic heterocycles. The topological polar surface area (TPSA) is 43.3 Å². The molecule has 0 saturated heterocycles. The molecule has 0 spiro atoms. The summed E-state index contributed by atoms with van der Waals surface area (Å²) in [6, 6.07) is 1.51. The summed E-state index contributed by atoms with van der Waals surface area (Å²) in [5.41, 5.74) is 1.98. The summed E-state index contributed by atoms with van der Waals surface area (Å²) >= 11 is 3.20. The molecule has 0 radical (unpaired) electrons. The van der Waals surface area contributed by atoms with Gasteiger partial charge < -0.3 is 4.57 Å². The monoisotopic (exact) mass is 328 g/mol. The summed E-state index contributed by atoms with van der Waals surface area (Å²) in [5.74, 6) is -0.723. The van der Waals surface area contributed by atoms with Crippen molar-refractivity contribution in [2.75, 3.05) is 6.61 Å². The summed E-state index contributed by atoms with van der Waals surface area (Å²) in [5, 5.41) is 0. The lowest BCUT2D eigenvalue weighted by atomic mass is 10.3. The molecule has 0 atom stereocenters. The largest absolute Gasteiger partial charge is 0.414 e. The lowest BCUT2D eigenvalue weighted by Crippen LogP contribution is -2.31. The Kier molecular flexibility index (Phi) is 4.80. The van der Waals surface area contributed by atoms with Gasteiger partial charge in [0.15, 0.2) is 6.61 Å². The van der Waals surface area contributed by atoms with E-state index >= 15 is 0 Å². The molecular formula is C10H12BrF3N2O2. The predicted molar refractivity (Wildman–Crippen MR) is 62.0 cm³/mol. The van der Waals surface area contributed by atoms with E-state index in [0.717, 1.165) is 0 Å². The average Bonchev–Trinajstić information content (AvgIpc) is 2.58. The Balaban J connectivity index is 2.67. The maximum atomic E-state index is 11.8. The summed E-state index contributed by atoms with van der Waals surface area (Å²) in [4.78, 5) is 15.7. The van der Waals surface area contributed by atoms with Crippen LogP contribution in [0.2, 0.25) is 0 Å². The van der Waals surface area contributed by atoms with E-state index in [4.69, 9.17) is 0 Å². The van der Waals surface area contributed by atoms with Gasteiger partial charge in [-0.3, -0.25) is 9.63 Å². The van der Waals surface area contributed by atoms with E-state index in [0.29, 0.717) is 4.47 Å². The number of hydrogen-bond donors (Lipinski definition) is 1. The van der Waals surface area contributed by atoms with Crippen LogP contribution < -0.4 is 5.48 Å². The number of carbonyl (C=O) groups excluding carboxylic acids is 1. The van der Waals surface area contributed by atoms with Gasteiger partial charge in [0.25, 0.3) is 5.91 Å². The molecule has 1 amide bonds. The molecule has 0 unspecified atom stereocenters. The van der Waals surface area contributed by atoms with Gasteiger partial charge in [0, 0.05) is 16.7 Å². The first kappa shape index (κ1) is 15.0. The molecule has 18 heavy (non-hydrogen) atoms. The molecule has 102 valence electrons. The van der Waals surface area contributed by atoms with Crippen LogP contribution in [0.15, 0.2) is 16.7 Å². The summed E-state index contributed by atoms with van der Waals surface area (Å²) in [6.45, 7) is 2.17. The van der Waals surface area contributed by atoms with Gasteiger partial charge in [0.2, 0.25) is 0 Å². The highest BCUT2D eigenvalue weighted by Gasteiger charge is 2.28. The second kappa shape index (κ2) is 5.75. The molecule has 1 aromatic rings. The quantitative estimate of drug-likeness (QED) is 0.863. The third kappa shape index (κ3) is 4.34. The van der Waals surface area contributed by atoms with Gasteiger partial charge in [0.1, 0.15) is 5.69 Å². The Morgan fingerprint density at radius 3 is 2.67 bits per heavy atom. The number of halogens is 4. The Bertz CT molecular complexity index is 429. The Morgan fingerprint density at radius 2 is 2.17 bits per heavy atom. The Morgan fingerprint density at radius 1 is 1.56 bits per heavy atom. The van der Waals surface area contributed by atoms with E-state index in [1.807, 2.05) is 13.8 Å². The highest BCUT2D eigenvalue weighted by atomic mass is 79.9. The second-order valence-corrected chi connectivity index (χ2v) is 4.80. The third-order valence-corrected chi connectivity index (χ3v) is 2.44. The predicted octanol–water partition coefficient (Wildman–Crippen LogP) is 3.06. The minimum Gasteiger partial charge on any atom is -0.340 e. The fraction of sp³-hybridized carbons (Fsp3) is 0.500. The zero-order valence-corrected chi connectivity index (χ0v) is 11.3. The van der Waals surface area contributed by atoms with Crippen molar-refractivity contribution in [1.29, 1.82) is 0 Å². The van der Waals surface area contributed by atoms with Gasteiger partial charge in [-0.15, -0.1) is 0 Å². The number of carbonyl (C=O) groups is 1. The van der Waals surface area contributed by atoms with Crippen LogP contribution >= 0.6 is 15.9 Å². The van der Waals surface area contributed by atoms with E-state index in [2.05, 4.69) is 20.8 Å². The number of hydroxylamine groups is 1. The van der Waals surface area contributed by atoms with Gasteiger partial charge in [-0.05, 0) is 35.8 Å². The SMILES string of the molecule is CC(C)n1cc(Br)cc1C(=O)NOCC(F)(F)F. The van der Waals surface area contributed by atoms with Crippen LogP contribution in [0, 0.1) is 0 Å². The molecule has 0 aromatic carbocycles. The first-order valence-corrected chi connectivity index (χ1v) is 5.86. The van der Waals surface area contributed by atoms with Crippen molar-refractivity contribution in [3.05, 3.63) is 22.4 Å². The second-order valence-electron chi connectivity index (χ2n) is 3.88. The van der Waals surface area contributed by atoms with Gasteiger partial charge >= 0.3 is 6.18 Å². The van der Waals surface area contributed by atoms with Gasteiger partial charge in [0.05, 0.1) is 0 Å². The molecule has 1 N–H and O–H groups in total. The van der Waals surface area contributed by atoms with E-state index in [-0.39, 0.29) is 11.7 Å². The number of aromatic nitrogens is 1. The number of rotatable bonds is 4. The summed E-state index contributed by atoms with van der Waals surface area (Å²) in [6.07, 6.45) is -2.81. The number of nitrogens with one attached hydrogen (secondary N) is 1. The van der Waals surface area contributed by atoms with Crippen LogP contribution in [0.5, 0.6) is 0 Å². The first-order valence-electron chi connectivity index (χ1n) is 5.07. The van der Waals surface area contributed by atoms with Crippen molar-refractivity contribution in [3.8, 4) is 0 Å². The van der Waals surface area contributed by atoms with E-state index in [9.17, 15) is 18.0 Å². The molecular weight excluding hydrogens is 317 g/mol. The van der Waals surface area contributed by atoms with Crippen molar-refractivity contribution in [3.63, 3.8) is 0 Å². The highest BCUT2D eigenvalue weighted by molar-refractivity contribution is 9.10. The van der Waals surface area contributed by atoms with Crippen LogP contribution in [0.25, 0.3) is 0 Å². The Labute approximate surface area is 110 Å². The normalized spacial score (nSPS) is 11.9. The van der Waals surface area contributed by atoms with Crippen LogP contribution in [-0.4, -0.2) is 23.3 Å². The van der Waals surface area contributed by atoms with Gasteiger partial charge in [-0.2, -0.15) is 13.2 Å². The van der Waals surface area contributed by atoms with Crippen LogP contribution in [0.3, 0.4) is 0 Å². The first-order chi connectivity index (χ1) is 8.20. The smallest absolute Gasteiger partial charge is 0.340 e. The van der Waals surface area contributed by atoms with Crippen LogP contribution in [0.1, 0.15) is 30.4 Å². The van der Waals surface area contributed by atoms with E-state index in [1.54, 1.807) is 16.2 Å². The van der Waals surface area contributed by atoms with Crippen molar-refractivity contribution in [2.24, 2.45) is 0 Å². The number of nitrogens with zero attached hydrogens (tertiary/aromatic N) is 1. The van der Waals surface area contributed by atoms with Gasteiger partial charge in [-0.1, -0.05) is 0 Å². The van der Waals surface area contributed by atoms with Crippen LogP contribution in [0.4, 0.5) is 13.2 Å². The maximum absolute atomic E-state index is 11.8. The molecule has 8 heteroatoms. The molecule has 4 nitrogen and oxygen atoms in total. The lowest BCUT2D eigenvalue weighted by Gasteiger charge is -2.13. The Hall–Kier alpha value is -1.02. The molecule has 0 fully saturated rings.